The Morgan fingerprint density at radius 2 is 1.12 bits per heavy atom. The molecule has 0 unspecified atom stereocenters. The van der Waals surface area contributed by atoms with Crippen molar-refractivity contribution in [3.05, 3.63) is 12.2 Å². The molecule has 0 spiro atoms. The number of hydrogen-bond acceptors (Lipinski definition) is 8. The molecule has 0 rings (SSSR count). The monoisotopic (exact) mass is 529 g/mol. The van der Waals surface area contributed by atoms with E-state index >= 15 is 0 Å². The van der Waals surface area contributed by atoms with Crippen LogP contribution >= 0.6 is 0 Å². The molecule has 0 saturated heterocycles. The Bertz CT molecular complexity index is 478. The van der Waals surface area contributed by atoms with Crippen LogP contribution < -0.4 is 5.73 Å². The maximum absolute atomic E-state index is 8.34. The molecule has 0 aliphatic heterocycles. The Kier molecular flexibility index (Phi) is 15.8. The van der Waals surface area contributed by atoms with Crippen LogP contribution in [0.5, 0.6) is 0 Å². The largest absolute Gasteiger partial charge is 0.469 e. The Labute approximate surface area is 200 Å². The minimum atomic E-state index is -2.70. The summed E-state index contributed by atoms with van der Waals surface area (Å²) in [6.07, 6.45) is 0.902. The molecule has 0 aliphatic carbocycles. The summed E-state index contributed by atoms with van der Waals surface area (Å²) in [6, 6.07) is 0.835. The Balaban J connectivity index is 0. The predicted molar refractivity (Wildman–Crippen MR) is 142 cm³/mol. The normalized spacial score (nSPS) is 13.6. The second kappa shape index (κ2) is 14.6. The van der Waals surface area contributed by atoms with Gasteiger partial charge in [0.2, 0.25) is 0 Å². The van der Waals surface area contributed by atoms with Gasteiger partial charge >= 0.3 is 8.80 Å². The quantitative estimate of drug-likeness (QED) is 0.145. The molecule has 0 aromatic heterocycles. The molecule has 0 bridgehead atoms. The van der Waals surface area contributed by atoms with Gasteiger partial charge in [-0.1, -0.05) is 12.2 Å². The van der Waals surface area contributed by atoms with Crippen molar-refractivity contribution in [3.63, 3.8) is 0 Å². The number of rotatable bonds is 15. The Morgan fingerprint density at radius 3 is 1.34 bits per heavy atom. The molecule has 0 aliphatic rings. The van der Waals surface area contributed by atoms with E-state index in [9.17, 15) is 0 Å². The van der Waals surface area contributed by atoms with Crippen LogP contribution in [0.1, 0.15) is 13.3 Å². The van der Waals surface area contributed by atoms with Crippen LogP contribution in [0.4, 0.5) is 0 Å². The Hall–Kier alpha value is 0.288. The minimum absolute atomic E-state index is 0.403. The Morgan fingerprint density at radius 1 is 0.781 bits per heavy atom. The van der Waals surface area contributed by atoms with Crippen LogP contribution in [0.25, 0.3) is 0 Å². The lowest BCUT2D eigenvalue weighted by atomic mass is 10.1. The van der Waals surface area contributed by atoms with E-state index in [2.05, 4.69) is 65.5 Å². The van der Waals surface area contributed by atoms with Gasteiger partial charge in [-0.2, -0.15) is 0 Å². The summed E-state index contributed by atoms with van der Waals surface area (Å²) >= 11 is 0. The first kappa shape index (κ1) is 34.5. The summed E-state index contributed by atoms with van der Waals surface area (Å²) in [5.41, 5.74) is 4.99. The molecular formula is C20H51NO7Si4. The van der Waals surface area contributed by atoms with Crippen LogP contribution in [0.3, 0.4) is 0 Å². The van der Waals surface area contributed by atoms with Crippen molar-refractivity contribution in [2.75, 3.05) is 33.0 Å². The lowest BCUT2D eigenvalue weighted by molar-refractivity contribution is 0.0697. The van der Waals surface area contributed by atoms with Crippen molar-refractivity contribution in [3.8, 4) is 0 Å². The van der Waals surface area contributed by atoms with Crippen molar-refractivity contribution >= 4 is 33.8 Å². The van der Waals surface area contributed by atoms with Crippen LogP contribution in [-0.2, 0) is 17.1 Å². The van der Waals surface area contributed by atoms with Crippen LogP contribution in [-0.4, -0.2) is 87.6 Å². The second-order valence-electron chi connectivity index (χ2n) is 11.3. The van der Waals surface area contributed by atoms with Crippen molar-refractivity contribution in [1.82, 2.24) is 0 Å². The van der Waals surface area contributed by atoms with Gasteiger partial charge in [0.25, 0.3) is 0 Å². The van der Waals surface area contributed by atoms with Crippen molar-refractivity contribution in [1.29, 1.82) is 0 Å². The summed E-state index contributed by atoms with van der Waals surface area (Å²) in [6.45, 7) is 25.9. The molecule has 12 heteroatoms. The van der Waals surface area contributed by atoms with Crippen LogP contribution in [0.2, 0.25) is 65.0 Å². The molecule has 0 radical (unpaired) electrons. The van der Waals surface area contributed by atoms with Crippen molar-refractivity contribution in [2.24, 2.45) is 5.73 Å². The molecule has 0 saturated carbocycles. The van der Waals surface area contributed by atoms with E-state index in [1.807, 2.05) is 6.92 Å². The molecule has 0 atom stereocenters. The molecule has 194 valence electrons. The maximum atomic E-state index is 8.34. The van der Waals surface area contributed by atoms with Gasteiger partial charge in [-0.25, -0.2) is 0 Å². The van der Waals surface area contributed by atoms with E-state index in [1.54, 1.807) is 0 Å². The number of aliphatic hydroxyl groups is 3. The first-order chi connectivity index (χ1) is 14.2. The van der Waals surface area contributed by atoms with E-state index in [1.165, 1.54) is 0 Å². The zero-order valence-corrected chi connectivity index (χ0v) is 26.2. The van der Waals surface area contributed by atoms with Gasteiger partial charge in [-0.15, -0.1) is 0 Å². The predicted octanol–water partition coefficient (Wildman–Crippen LogP) is 3.12. The van der Waals surface area contributed by atoms with Gasteiger partial charge in [-0.3, -0.25) is 0 Å². The van der Waals surface area contributed by atoms with Gasteiger partial charge < -0.3 is 38.1 Å². The van der Waals surface area contributed by atoms with Gasteiger partial charge in [0, 0.05) is 12.7 Å². The van der Waals surface area contributed by atoms with Crippen molar-refractivity contribution < 1.29 is 32.4 Å². The summed E-state index contributed by atoms with van der Waals surface area (Å²) in [5, 5.41) is 25.0. The summed E-state index contributed by atoms with van der Waals surface area (Å²) in [7, 11) is -8.03. The standard InChI is InChI=1S/C16H40O4Si4.C4H11NO3/c1-16(2)15-17-13-12-14-24(18-21(3,4)5,19-22(6,7)8)20-23(9,10)11;5-4(1-6,2-7)3-8/h1,12-15H2,2-11H3;6-8H,1-3,5H2. The third-order valence-electron chi connectivity index (χ3n) is 3.45. The average Bonchev–Trinajstić information content (AvgIpc) is 2.56. The zero-order valence-electron chi connectivity index (χ0n) is 22.2. The lowest BCUT2D eigenvalue weighted by Gasteiger charge is -2.42. The second-order valence-corrected chi connectivity index (χ2v) is 28.3. The third kappa shape index (κ3) is 19.7. The SMILES string of the molecule is C=C(C)COCCC[Si](O[Si](C)(C)C)(O[Si](C)(C)C)O[Si](C)(C)C.NC(CO)(CO)CO. The van der Waals surface area contributed by atoms with Gasteiger partial charge in [0.15, 0.2) is 25.0 Å². The highest BCUT2D eigenvalue weighted by molar-refractivity contribution is 6.90. The molecule has 5 N–H and O–H groups in total. The molecular weight excluding hydrogens is 479 g/mol. The van der Waals surface area contributed by atoms with Crippen LogP contribution in [0.15, 0.2) is 12.2 Å². The molecule has 8 nitrogen and oxygen atoms in total. The summed E-state index contributed by atoms with van der Waals surface area (Å²) in [4.78, 5) is 0. The molecule has 0 aromatic rings. The molecule has 0 fully saturated rings. The van der Waals surface area contributed by atoms with E-state index in [4.69, 9.17) is 38.1 Å². The lowest BCUT2D eigenvalue weighted by Crippen LogP contribution is -2.60. The number of nitrogens with two attached hydrogens (primary N) is 1. The number of ether oxygens (including phenoxy) is 1. The highest BCUT2D eigenvalue weighted by Crippen LogP contribution is 2.29. The first-order valence-corrected chi connectivity index (χ1v) is 23.3. The highest BCUT2D eigenvalue weighted by atomic mass is 28.5. The molecule has 0 aromatic carbocycles. The molecule has 0 amide bonds. The number of aliphatic hydroxyl groups excluding tert-OH is 3. The molecule has 0 heterocycles. The van der Waals surface area contributed by atoms with E-state index < -0.39 is 59.1 Å². The highest BCUT2D eigenvalue weighted by Gasteiger charge is 2.49. The first-order valence-electron chi connectivity index (χ1n) is 11.2. The van der Waals surface area contributed by atoms with E-state index in [0.717, 1.165) is 18.0 Å². The van der Waals surface area contributed by atoms with Gasteiger partial charge in [0.1, 0.15) is 0 Å². The third-order valence-corrected chi connectivity index (χ3v) is 15.5. The smallest absolute Gasteiger partial charge is 0.417 e. The van der Waals surface area contributed by atoms with Crippen molar-refractivity contribution in [2.45, 2.75) is 83.9 Å². The minimum Gasteiger partial charge on any atom is -0.417 e. The maximum Gasteiger partial charge on any atom is 0.469 e. The topological polar surface area (TPSA) is 124 Å². The van der Waals surface area contributed by atoms with Gasteiger partial charge in [-0.05, 0) is 72.3 Å². The fourth-order valence-corrected chi connectivity index (χ4v) is 17.0. The molecule has 32 heavy (non-hydrogen) atoms. The van der Waals surface area contributed by atoms with E-state index in [0.29, 0.717) is 13.2 Å². The summed E-state index contributed by atoms with van der Waals surface area (Å²) < 4.78 is 25.6. The fourth-order valence-electron chi connectivity index (χ4n) is 2.40. The average molecular weight is 530 g/mol. The fraction of sp³-hybridized carbons (Fsp3) is 0.900. The summed E-state index contributed by atoms with van der Waals surface area (Å²) in [5.74, 6) is 0. The van der Waals surface area contributed by atoms with E-state index in [-0.39, 0.29) is 0 Å². The zero-order chi connectivity index (χ0) is 25.9. The number of hydrogen-bond donors (Lipinski definition) is 4. The van der Waals surface area contributed by atoms with Gasteiger partial charge in [0.05, 0.1) is 32.0 Å². The van der Waals surface area contributed by atoms with Crippen LogP contribution in [0, 0.1) is 0 Å².